The topological polar surface area (TPSA) is 29.1 Å². The van der Waals surface area contributed by atoms with Crippen LogP contribution in [0.15, 0.2) is 12.7 Å². The van der Waals surface area contributed by atoms with Crippen molar-refractivity contribution in [2.45, 2.75) is 64.8 Å². The van der Waals surface area contributed by atoms with Crippen LogP contribution in [0.25, 0.3) is 0 Å². The maximum atomic E-state index is 11.5. The van der Waals surface area contributed by atoms with Gasteiger partial charge in [0.2, 0.25) is 0 Å². The lowest BCUT2D eigenvalue weighted by molar-refractivity contribution is -0.119. The second-order valence-electron chi connectivity index (χ2n) is 5.35. The molecule has 0 saturated heterocycles. The van der Waals surface area contributed by atoms with Crippen LogP contribution in [-0.2, 0) is 4.79 Å². The van der Waals surface area contributed by atoms with Crippen LogP contribution >= 0.6 is 0 Å². The van der Waals surface area contributed by atoms with Gasteiger partial charge in [-0.15, -0.1) is 6.58 Å². The first-order chi connectivity index (χ1) is 7.45. The Bertz CT molecular complexity index is 203. The fourth-order valence-corrected chi connectivity index (χ4v) is 1.49. The summed E-state index contributed by atoms with van der Waals surface area (Å²) in [6.45, 7) is 10.8. The number of carbonyl (C=O) groups is 1. The quantitative estimate of drug-likeness (QED) is 0.481. The lowest BCUT2D eigenvalue weighted by Crippen LogP contribution is -2.37. The fraction of sp³-hybridized carbons (Fsp3) is 0.786. The Morgan fingerprint density at radius 3 is 2.44 bits per heavy atom. The lowest BCUT2D eigenvalue weighted by Gasteiger charge is -2.20. The van der Waals surface area contributed by atoms with Gasteiger partial charge in [-0.05, 0) is 40.0 Å². The van der Waals surface area contributed by atoms with Crippen molar-refractivity contribution in [3.63, 3.8) is 0 Å². The van der Waals surface area contributed by atoms with Gasteiger partial charge in [-0.2, -0.15) is 0 Å². The van der Waals surface area contributed by atoms with Crippen molar-refractivity contribution in [3.8, 4) is 0 Å². The van der Waals surface area contributed by atoms with Gasteiger partial charge in [-0.1, -0.05) is 12.5 Å². The number of nitrogens with one attached hydrogen (secondary N) is 1. The third kappa shape index (κ3) is 11.4. The summed E-state index contributed by atoms with van der Waals surface area (Å²) >= 11 is 0. The monoisotopic (exact) mass is 225 g/mol. The summed E-state index contributed by atoms with van der Waals surface area (Å²) in [5.41, 5.74) is 0.115. The predicted molar refractivity (Wildman–Crippen MR) is 70.7 cm³/mol. The smallest absolute Gasteiger partial charge is 0.134 e. The lowest BCUT2D eigenvalue weighted by atomic mass is 10.1. The molecule has 16 heavy (non-hydrogen) atoms. The molecule has 1 N–H and O–H groups in total. The maximum absolute atomic E-state index is 11.5. The third-order valence-corrected chi connectivity index (χ3v) is 2.42. The molecule has 0 aliphatic rings. The zero-order valence-electron chi connectivity index (χ0n) is 11.1. The van der Waals surface area contributed by atoms with E-state index in [4.69, 9.17) is 0 Å². The van der Waals surface area contributed by atoms with Crippen molar-refractivity contribution in [2.24, 2.45) is 0 Å². The van der Waals surface area contributed by atoms with E-state index in [9.17, 15) is 4.79 Å². The molecule has 94 valence electrons. The molecule has 0 rings (SSSR count). The number of ketones is 1. The Morgan fingerprint density at radius 2 is 1.88 bits per heavy atom. The Morgan fingerprint density at radius 1 is 1.19 bits per heavy atom. The van der Waals surface area contributed by atoms with Gasteiger partial charge in [0.05, 0.1) is 0 Å². The molecule has 2 heteroatoms. The van der Waals surface area contributed by atoms with Gasteiger partial charge < -0.3 is 5.32 Å². The summed E-state index contributed by atoms with van der Waals surface area (Å²) in [6, 6.07) is 0. The normalized spacial score (nSPS) is 11.4. The molecule has 0 spiro atoms. The number of rotatable bonds is 9. The zero-order valence-corrected chi connectivity index (χ0v) is 11.1. The molecule has 0 aromatic rings. The number of hydrogen-bond acceptors (Lipinski definition) is 2. The number of allylic oxidation sites excluding steroid dienone is 1. The number of unbranched alkanes of at least 4 members (excludes halogenated alkanes) is 3. The first-order valence-corrected chi connectivity index (χ1v) is 6.33. The van der Waals surface area contributed by atoms with E-state index in [2.05, 4.69) is 32.7 Å². The summed E-state index contributed by atoms with van der Waals surface area (Å²) in [7, 11) is 0. The third-order valence-electron chi connectivity index (χ3n) is 2.42. The summed E-state index contributed by atoms with van der Waals surface area (Å²) in [6.07, 6.45) is 7.75. The van der Waals surface area contributed by atoms with Crippen molar-refractivity contribution in [2.75, 3.05) is 6.54 Å². The molecule has 0 atom stereocenters. The van der Waals surface area contributed by atoms with E-state index in [0.717, 1.165) is 38.6 Å². The first kappa shape index (κ1) is 15.4. The Labute approximate surface area is 101 Å². The largest absolute Gasteiger partial charge is 0.312 e. The molecular weight excluding hydrogens is 198 g/mol. The highest BCUT2D eigenvalue weighted by atomic mass is 16.1. The van der Waals surface area contributed by atoms with Gasteiger partial charge in [-0.25, -0.2) is 0 Å². The standard InChI is InChI=1S/C14H27NO/c1-5-6-7-8-9-10-13(16)11-12-15-14(2,3)4/h5,15H,1,6-12H2,2-4H3. The van der Waals surface area contributed by atoms with Gasteiger partial charge >= 0.3 is 0 Å². The van der Waals surface area contributed by atoms with E-state index in [0.29, 0.717) is 12.2 Å². The minimum absolute atomic E-state index is 0.115. The molecule has 2 nitrogen and oxygen atoms in total. The van der Waals surface area contributed by atoms with Crippen LogP contribution in [0.2, 0.25) is 0 Å². The minimum Gasteiger partial charge on any atom is -0.312 e. The van der Waals surface area contributed by atoms with E-state index >= 15 is 0 Å². The van der Waals surface area contributed by atoms with Crippen LogP contribution in [0.5, 0.6) is 0 Å². The van der Waals surface area contributed by atoms with E-state index in [1.807, 2.05) is 6.08 Å². The molecule has 0 amide bonds. The van der Waals surface area contributed by atoms with E-state index in [1.54, 1.807) is 0 Å². The van der Waals surface area contributed by atoms with Crippen LogP contribution in [0, 0.1) is 0 Å². The van der Waals surface area contributed by atoms with Crippen molar-refractivity contribution in [1.82, 2.24) is 5.32 Å². The molecule has 0 bridgehead atoms. The maximum Gasteiger partial charge on any atom is 0.134 e. The molecule has 0 radical (unpaired) electrons. The Kier molecular flexibility index (Phi) is 8.18. The van der Waals surface area contributed by atoms with Gasteiger partial charge in [0, 0.05) is 24.9 Å². The highest BCUT2D eigenvalue weighted by Gasteiger charge is 2.09. The summed E-state index contributed by atoms with van der Waals surface area (Å²) in [5, 5.41) is 3.33. The van der Waals surface area contributed by atoms with Gasteiger partial charge in [0.25, 0.3) is 0 Å². The average molecular weight is 225 g/mol. The minimum atomic E-state index is 0.115. The van der Waals surface area contributed by atoms with Crippen molar-refractivity contribution in [3.05, 3.63) is 12.7 Å². The van der Waals surface area contributed by atoms with Crippen molar-refractivity contribution < 1.29 is 4.79 Å². The van der Waals surface area contributed by atoms with Gasteiger partial charge in [-0.3, -0.25) is 4.79 Å². The van der Waals surface area contributed by atoms with Crippen LogP contribution in [0.1, 0.15) is 59.3 Å². The van der Waals surface area contributed by atoms with E-state index < -0.39 is 0 Å². The van der Waals surface area contributed by atoms with Gasteiger partial charge in [0.15, 0.2) is 0 Å². The Hall–Kier alpha value is -0.630. The summed E-state index contributed by atoms with van der Waals surface area (Å²) < 4.78 is 0. The summed E-state index contributed by atoms with van der Waals surface area (Å²) in [4.78, 5) is 11.5. The van der Waals surface area contributed by atoms with Crippen molar-refractivity contribution >= 4 is 5.78 Å². The molecule has 0 aliphatic carbocycles. The molecule has 0 unspecified atom stereocenters. The Balaban J connectivity index is 3.35. The molecule has 0 fully saturated rings. The van der Waals surface area contributed by atoms with Crippen LogP contribution in [0.3, 0.4) is 0 Å². The molecule has 0 heterocycles. The first-order valence-electron chi connectivity index (χ1n) is 6.33. The second kappa shape index (κ2) is 8.51. The predicted octanol–water partition coefficient (Wildman–Crippen LogP) is 3.47. The zero-order chi connectivity index (χ0) is 12.4. The fourth-order valence-electron chi connectivity index (χ4n) is 1.49. The SMILES string of the molecule is C=CCCCCCC(=O)CCNC(C)(C)C. The molecule has 0 aromatic heterocycles. The number of carbonyl (C=O) groups excluding carboxylic acids is 1. The molecule has 0 aromatic carbocycles. The highest BCUT2D eigenvalue weighted by molar-refractivity contribution is 5.78. The van der Waals surface area contributed by atoms with E-state index in [-0.39, 0.29) is 5.54 Å². The van der Waals surface area contributed by atoms with Crippen LogP contribution in [-0.4, -0.2) is 17.9 Å². The molecular formula is C14H27NO. The van der Waals surface area contributed by atoms with Gasteiger partial charge in [0.1, 0.15) is 5.78 Å². The average Bonchev–Trinajstić information content (AvgIpc) is 2.15. The van der Waals surface area contributed by atoms with Crippen LogP contribution in [0.4, 0.5) is 0 Å². The van der Waals surface area contributed by atoms with Crippen LogP contribution < -0.4 is 5.32 Å². The molecule has 0 aliphatic heterocycles. The number of hydrogen-bond donors (Lipinski definition) is 1. The highest BCUT2D eigenvalue weighted by Crippen LogP contribution is 2.05. The number of Topliss-reactive ketones (excluding diaryl/α,β-unsaturated/α-hetero) is 1. The summed E-state index contributed by atoms with van der Waals surface area (Å²) in [5.74, 6) is 0.385. The molecule has 0 saturated carbocycles. The van der Waals surface area contributed by atoms with Crippen molar-refractivity contribution in [1.29, 1.82) is 0 Å². The van der Waals surface area contributed by atoms with E-state index in [1.165, 1.54) is 0 Å². The second-order valence-corrected chi connectivity index (χ2v) is 5.35.